The first-order valence-electron chi connectivity index (χ1n) is 11.5. The molecule has 2 fully saturated rings. The molecule has 2 aliphatic heterocycles. The van der Waals surface area contributed by atoms with E-state index in [1.54, 1.807) is 16.4 Å². The van der Waals surface area contributed by atoms with Gasteiger partial charge < -0.3 is 4.90 Å². The lowest BCUT2D eigenvalue weighted by Gasteiger charge is -2.25. The summed E-state index contributed by atoms with van der Waals surface area (Å²) < 4.78 is 27.5. The van der Waals surface area contributed by atoms with Crippen LogP contribution in [0.5, 0.6) is 0 Å². The third-order valence-corrected chi connectivity index (χ3v) is 8.42. The zero-order valence-electron chi connectivity index (χ0n) is 18.1. The highest BCUT2D eigenvalue weighted by Gasteiger charge is 2.29. The van der Waals surface area contributed by atoms with Gasteiger partial charge in [-0.15, -0.1) is 0 Å². The van der Waals surface area contributed by atoms with Crippen molar-refractivity contribution in [1.82, 2.24) is 9.21 Å². The van der Waals surface area contributed by atoms with Gasteiger partial charge in [-0.05, 0) is 55.4 Å². The molecule has 0 aromatic heterocycles. The molecule has 2 heterocycles. The molecule has 6 heteroatoms. The predicted molar refractivity (Wildman–Crippen MR) is 122 cm³/mol. The summed E-state index contributed by atoms with van der Waals surface area (Å²) in [5, 5.41) is 0. The van der Waals surface area contributed by atoms with Crippen LogP contribution in [-0.4, -0.2) is 43.2 Å². The van der Waals surface area contributed by atoms with E-state index in [0.717, 1.165) is 50.6 Å². The molecular formula is C25H32N2O3S. The van der Waals surface area contributed by atoms with Crippen molar-refractivity contribution >= 4 is 15.9 Å². The van der Waals surface area contributed by atoms with Crippen molar-refractivity contribution in [3.05, 3.63) is 65.7 Å². The van der Waals surface area contributed by atoms with Crippen molar-refractivity contribution < 1.29 is 13.2 Å². The largest absolute Gasteiger partial charge is 0.336 e. The molecule has 1 atom stereocenters. The number of benzene rings is 2. The van der Waals surface area contributed by atoms with Gasteiger partial charge in [-0.25, -0.2) is 8.42 Å². The summed E-state index contributed by atoms with van der Waals surface area (Å²) in [5.41, 5.74) is 2.20. The van der Waals surface area contributed by atoms with E-state index in [1.807, 2.05) is 35.2 Å². The van der Waals surface area contributed by atoms with Crippen molar-refractivity contribution in [2.45, 2.75) is 62.3 Å². The lowest BCUT2D eigenvalue weighted by molar-refractivity contribution is -0.132. The number of amides is 1. The highest BCUT2D eigenvalue weighted by Crippen LogP contribution is 2.32. The average Bonchev–Trinajstić information content (AvgIpc) is 3.12. The monoisotopic (exact) mass is 440 g/mol. The molecule has 0 aliphatic carbocycles. The van der Waals surface area contributed by atoms with E-state index in [9.17, 15) is 13.2 Å². The van der Waals surface area contributed by atoms with E-state index in [-0.39, 0.29) is 11.9 Å². The van der Waals surface area contributed by atoms with E-state index >= 15 is 0 Å². The molecule has 2 saturated heterocycles. The standard InChI is InChI=1S/C25H32N2O3S/c28-25(27-20-8-11-24(27)22-9-4-3-5-10-22)17-14-21-12-15-23(16-13-21)31(29,30)26-18-6-1-2-7-19-26/h3-5,9-10,12-13,15-16,24H,1-2,6-8,11,14,17-20H2. The number of rotatable bonds is 6. The summed E-state index contributed by atoms with van der Waals surface area (Å²) in [6.45, 7) is 2.03. The maximum atomic E-state index is 12.9. The zero-order chi connectivity index (χ0) is 21.7. The third-order valence-electron chi connectivity index (χ3n) is 6.51. The van der Waals surface area contributed by atoms with Crippen LogP contribution in [0.2, 0.25) is 0 Å². The van der Waals surface area contributed by atoms with Crippen molar-refractivity contribution in [3.8, 4) is 0 Å². The number of hydrogen-bond acceptors (Lipinski definition) is 3. The Morgan fingerprint density at radius 1 is 0.839 bits per heavy atom. The molecular weight excluding hydrogens is 408 g/mol. The van der Waals surface area contributed by atoms with Crippen LogP contribution in [0.4, 0.5) is 0 Å². The summed E-state index contributed by atoms with van der Waals surface area (Å²) in [4.78, 5) is 15.3. The summed E-state index contributed by atoms with van der Waals surface area (Å²) in [7, 11) is -3.43. The molecule has 2 aliphatic rings. The molecule has 2 aromatic carbocycles. The lowest BCUT2D eigenvalue weighted by atomic mass is 10.0. The Kier molecular flexibility index (Phi) is 7.08. The van der Waals surface area contributed by atoms with Gasteiger partial charge in [0.1, 0.15) is 0 Å². The van der Waals surface area contributed by atoms with Gasteiger partial charge in [0.2, 0.25) is 15.9 Å². The Labute approximate surface area is 186 Å². The van der Waals surface area contributed by atoms with Crippen LogP contribution in [0, 0.1) is 0 Å². The molecule has 166 valence electrons. The Bertz CT molecular complexity index is 966. The SMILES string of the molecule is O=C(CCc1ccc(S(=O)(=O)N2CCCCCC2)cc1)N1CCCC1c1ccccc1. The normalized spacial score (nSPS) is 20.5. The van der Waals surface area contributed by atoms with Crippen molar-refractivity contribution in [1.29, 1.82) is 0 Å². The van der Waals surface area contributed by atoms with Crippen molar-refractivity contribution in [2.24, 2.45) is 0 Å². The molecule has 0 bridgehead atoms. The van der Waals surface area contributed by atoms with Gasteiger partial charge in [-0.3, -0.25) is 4.79 Å². The highest BCUT2D eigenvalue weighted by atomic mass is 32.2. The third kappa shape index (κ3) is 5.18. The minimum atomic E-state index is -3.43. The van der Waals surface area contributed by atoms with Crippen LogP contribution in [0.15, 0.2) is 59.5 Å². The summed E-state index contributed by atoms with van der Waals surface area (Å²) in [5.74, 6) is 0.174. The van der Waals surface area contributed by atoms with Crippen LogP contribution in [0.3, 0.4) is 0 Å². The molecule has 31 heavy (non-hydrogen) atoms. The molecule has 0 N–H and O–H groups in total. The fraction of sp³-hybridized carbons (Fsp3) is 0.480. The molecule has 2 aromatic rings. The zero-order valence-corrected chi connectivity index (χ0v) is 18.9. The molecule has 4 rings (SSSR count). The van der Waals surface area contributed by atoms with E-state index in [1.165, 1.54) is 5.56 Å². The fourth-order valence-corrected chi connectivity index (χ4v) is 6.26. The number of aryl methyl sites for hydroxylation is 1. The number of hydrogen-bond donors (Lipinski definition) is 0. The van der Waals surface area contributed by atoms with Gasteiger partial charge in [-0.1, -0.05) is 55.3 Å². The van der Waals surface area contributed by atoms with E-state index in [4.69, 9.17) is 0 Å². The molecule has 0 radical (unpaired) electrons. The molecule has 1 unspecified atom stereocenters. The minimum Gasteiger partial charge on any atom is -0.336 e. The Hall–Kier alpha value is -2.18. The lowest BCUT2D eigenvalue weighted by Crippen LogP contribution is -2.32. The summed E-state index contributed by atoms with van der Waals surface area (Å²) in [6.07, 6.45) is 7.18. The number of sulfonamides is 1. The average molecular weight is 441 g/mol. The Morgan fingerprint density at radius 3 is 2.19 bits per heavy atom. The first-order valence-corrected chi connectivity index (χ1v) is 12.9. The van der Waals surface area contributed by atoms with Gasteiger partial charge in [0.15, 0.2) is 0 Å². The van der Waals surface area contributed by atoms with Crippen LogP contribution in [-0.2, 0) is 21.2 Å². The number of carbonyl (C=O) groups is 1. The van der Waals surface area contributed by atoms with Crippen LogP contribution in [0.1, 0.15) is 62.1 Å². The maximum absolute atomic E-state index is 12.9. The Balaban J connectivity index is 1.36. The Morgan fingerprint density at radius 2 is 1.52 bits per heavy atom. The number of carbonyl (C=O) groups excluding carboxylic acids is 1. The van der Waals surface area contributed by atoms with Crippen molar-refractivity contribution in [2.75, 3.05) is 19.6 Å². The van der Waals surface area contributed by atoms with Gasteiger partial charge >= 0.3 is 0 Å². The first kappa shape index (κ1) is 22.0. The second kappa shape index (κ2) is 9.96. The molecule has 0 saturated carbocycles. The quantitative estimate of drug-likeness (QED) is 0.662. The van der Waals surface area contributed by atoms with Crippen LogP contribution in [0.25, 0.3) is 0 Å². The summed E-state index contributed by atoms with van der Waals surface area (Å²) >= 11 is 0. The molecule has 1 amide bonds. The second-order valence-electron chi connectivity index (χ2n) is 8.62. The second-order valence-corrected chi connectivity index (χ2v) is 10.6. The van der Waals surface area contributed by atoms with Crippen LogP contribution >= 0.6 is 0 Å². The molecule has 5 nitrogen and oxygen atoms in total. The number of likely N-dealkylation sites (tertiary alicyclic amines) is 1. The van der Waals surface area contributed by atoms with Gasteiger partial charge in [0.05, 0.1) is 10.9 Å². The summed E-state index contributed by atoms with van der Waals surface area (Å²) in [6, 6.07) is 17.5. The van der Waals surface area contributed by atoms with Gasteiger partial charge in [-0.2, -0.15) is 4.31 Å². The maximum Gasteiger partial charge on any atom is 0.243 e. The van der Waals surface area contributed by atoms with E-state index < -0.39 is 10.0 Å². The van der Waals surface area contributed by atoms with Gasteiger partial charge in [0, 0.05) is 26.1 Å². The van der Waals surface area contributed by atoms with E-state index in [2.05, 4.69) is 12.1 Å². The number of nitrogens with zero attached hydrogens (tertiary/aromatic N) is 2. The fourth-order valence-electron chi connectivity index (χ4n) is 4.74. The van der Waals surface area contributed by atoms with E-state index in [0.29, 0.717) is 30.8 Å². The van der Waals surface area contributed by atoms with Crippen molar-refractivity contribution in [3.63, 3.8) is 0 Å². The smallest absolute Gasteiger partial charge is 0.243 e. The van der Waals surface area contributed by atoms with Crippen LogP contribution < -0.4 is 0 Å². The van der Waals surface area contributed by atoms with Gasteiger partial charge in [0.25, 0.3) is 0 Å². The minimum absolute atomic E-state index is 0.174. The predicted octanol–water partition coefficient (Wildman–Crippen LogP) is 4.55. The highest BCUT2D eigenvalue weighted by molar-refractivity contribution is 7.89. The molecule has 0 spiro atoms. The topological polar surface area (TPSA) is 57.7 Å². The first-order chi connectivity index (χ1) is 15.1.